The summed E-state index contributed by atoms with van der Waals surface area (Å²) < 4.78 is 5.29. The number of nitrogens with two attached hydrogens (primary N) is 1. The van der Waals surface area contributed by atoms with Crippen LogP contribution in [0.1, 0.15) is 29.4 Å². The lowest BCUT2D eigenvalue weighted by Crippen LogP contribution is -2.31. The summed E-state index contributed by atoms with van der Waals surface area (Å²) >= 11 is 6.60. The summed E-state index contributed by atoms with van der Waals surface area (Å²) in [5.74, 6) is 1.72. The van der Waals surface area contributed by atoms with Gasteiger partial charge in [-0.15, -0.1) is 0 Å². The van der Waals surface area contributed by atoms with E-state index in [0.717, 1.165) is 33.3 Å². The van der Waals surface area contributed by atoms with Crippen LogP contribution in [0.25, 0.3) is 22.2 Å². The molecule has 0 unspecified atom stereocenters. The minimum Gasteiger partial charge on any atom is -0.497 e. The van der Waals surface area contributed by atoms with Crippen LogP contribution in [0.5, 0.6) is 5.75 Å². The Labute approximate surface area is 219 Å². The molecule has 0 spiro atoms. The van der Waals surface area contributed by atoms with Crippen LogP contribution in [-0.4, -0.2) is 33.2 Å². The first kappa shape index (κ1) is 24.4. The zero-order chi connectivity index (χ0) is 25.8. The second-order valence-electron chi connectivity index (χ2n) is 8.82. The molecule has 5 N–H and O–H groups in total. The van der Waals surface area contributed by atoms with Crippen LogP contribution in [0.4, 0.5) is 5.82 Å². The lowest BCUT2D eigenvalue weighted by molar-refractivity contribution is -0.121. The number of fused-ring (bicyclic) bond motifs is 1. The normalized spacial score (nSPS) is 11.9. The molecule has 0 saturated heterocycles. The Kier molecular flexibility index (Phi) is 7.09. The third-order valence-corrected chi connectivity index (χ3v) is 6.54. The van der Waals surface area contributed by atoms with E-state index in [9.17, 15) is 4.79 Å². The van der Waals surface area contributed by atoms with Gasteiger partial charge in [-0.2, -0.15) is 5.10 Å². The van der Waals surface area contributed by atoms with Gasteiger partial charge in [0.15, 0.2) is 5.82 Å². The van der Waals surface area contributed by atoms with Gasteiger partial charge in [0.25, 0.3) is 0 Å². The molecule has 0 fully saturated rings. The number of aryl methyl sites for hydroxylation is 1. The summed E-state index contributed by atoms with van der Waals surface area (Å²) in [6, 6.07) is 23.0. The first-order valence-corrected chi connectivity index (χ1v) is 12.3. The standard InChI is InChI=1S/C28H27ClN6O2/c1-37-20-9-5-8-18(14-20)10-13-24(36)31-23(15-17-6-3-2-4-7-17)28-32-25(26(29)33-28)19-11-12-21-22(16-19)34-35-27(21)30/h2-9,11-12,14,16,23H,10,13,15H2,1H3,(H,31,36)(H,32,33)(H3,30,34,35)/t23-/m0/s1. The fraction of sp³-hybridized carbons (Fsp3) is 0.179. The number of halogens is 1. The number of carbonyl (C=O) groups excluding carboxylic acids is 1. The van der Waals surface area contributed by atoms with Crippen molar-refractivity contribution in [3.63, 3.8) is 0 Å². The molecule has 37 heavy (non-hydrogen) atoms. The van der Waals surface area contributed by atoms with E-state index in [1.165, 1.54) is 0 Å². The molecule has 2 aromatic heterocycles. The molecule has 1 amide bonds. The van der Waals surface area contributed by atoms with Crippen LogP contribution < -0.4 is 15.8 Å². The number of imidazole rings is 1. The quantitative estimate of drug-likeness (QED) is 0.214. The number of aromatic nitrogens is 4. The largest absolute Gasteiger partial charge is 0.497 e. The molecule has 0 radical (unpaired) electrons. The molecule has 0 aliphatic rings. The predicted molar refractivity (Wildman–Crippen MR) is 145 cm³/mol. The predicted octanol–water partition coefficient (Wildman–Crippen LogP) is 5.23. The van der Waals surface area contributed by atoms with Crippen LogP contribution in [0.3, 0.4) is 0 Å². The highest BCUT2D eigenvalue weighted by Gasteiger charge is 2.22. The maximum absolute atomic E-state index is 13.0. The summed E-state index contributed by atoms with van der Waals surface area (Å²) in [4.78, 5) is 21.0. The zero-order valence-electron chi connectivity index (χ0n) is 20.3. The van der Waals surface area contributed by atoms with Crippen molar-refractivity contribution in [2.75, 3.05) is 12.8 Å². The Morgan fingerprint density at radius 3 is 2.70 bits per heavy atom. The molecule has 5 rings (SSSR count). The second-order valence-corrected chi connectivity index (χ2v) is 9.19. The van der Waals surface area contributed by atoms with Gasteiger partial charge in [0.1, 0.15) is 22.4 Å². The van der Waals surface area contributed by atoms with E-state index in [2.05, 4.69) is 20.5 Å². The molecule has 0 bridgehead atoms. The van der Waals surface area contributed by atoms with E-state index in [1.807, 2.05) is 72.8 Å². The van der Waals surface area contributed by atoms with Crippen LogP contribution in [0, 0.1) is 0 Å². The van der Waals surface area contributed by atoms with Gasteiger partial charge >= 0.3 is 0 Å². The molecule has 188 valence electrons. The Morgan fingerprint density at radius 1 is 1.08 bits per heavy atom. The first-order chi connectivity index (χ1) is 18.0. The van der Waals surface area contributed by atoms with Gasteiger partial charge in [-0.3, -0.25) is 9.89 Å². The lowest BCUT2D eigenvalue weighted by Gasteiger charge is -2.17. The third-order valence-electron chi connectivity index (χ3n) is 6.27. The van der Waals surface area contributed by atoms with Crippen LogP contribution >= 0.6 is 11.6 Å². The van der Waals surface area contributed by atoms with E-state index >= 15 is 0 Å². The fourth-order valence-corrected chi connectivity index (χ4v) is 4.58. The summed E-state index contributed by atoms with van der Waals surface area (Å²) in [7, 11) is 1.63. The van der Waals surface area contributed by atoms with Crippen molar-refractivity contribution < 1.29 is 9.53 Å². The van der Waals surface area contributed by atoms with Crippen molar-refractivity contribution in [2.45, 2.75) is 25.3 Å². The topological polar surface area (TPSA) is 122 Å². The van der Waals surface area contributed by atoms with Crippen molar-refractivity contribution >= 4 is 34.2 Å². The monoisotopic (exact) mass is 514 g/mol. The number of H-pyrrole nitrogens is 2. The Hall–Kier alpha value is -4.30. The van der Waals surface area contributed by atoms with Gasteiger partial charge < -0.3 is 20.8 Å². The number of benzene rings is 3. The number of anilines is 1. The number of rotatable bonds is 9. The van der Waals surface area contributed by atoms with Gasteiger partial charge in [-0.05, 0) is 48.2 Å². The first-order valence-electron chi connectivity index (χ1n) is 12.0. The number of aromatic amines is 2. The second kappa shape index (κ2) is 10.8. The molecule has 3 aromatic carbocycles. The average molecular weight is 515 g/mol. The number of nitrogens with zero attached hydrogens (tertiary/aromatic N) is 2. The lowest BCUT2D eigenvalue weighted by atomic mass is 10.0. The molecule has 2 heterocycles. The van der Waals surface area contributed by atoms with Gasteiger partial charge in [0, 0.05) is 17.4 Å². The van der Waals surface area contributed by atoms with Crippen LogP contribution in [-0.2, 0) is 17.6 Å². The Morgan fingerprint density at radius 2 is 1.89 bits per heavy atom. The number of methoxy groups -OCH3 is 1. The van der Waals surface area contributed by atoms with Crippen LogP contribution in [0.2, 0.25) is 5.15 Å². The molecular formula is C28H27ClN6O2. The van der Waals surface area contributed by atoms with E-state index in [4.69, 9.17) is 27.1 Å². The molecule has 8 nitrogen and oxygen atoms in total. The Balaban J connectivity index is 1.38. The summed E-state index contributed by atoms with van der Waals surface area (Å²) in [5, 5.41) is 11.4. The Bertz CT molecular complexity index is 1530. The van der Waals surface area contributed by atoms with Crippen molar-refractivity contribution in [1.29, 1.82) is 0 Å². The fourth-order valence-electron chi connectivity index (χ4n) is 4.33. The molecule has 0 aliphatic carbocycles. The molecular weight excluding hydrogens is 488 g/mol. The van der Waals surface area contributed by atoms with Gasteiger partial charge in [0.05, 0.1) is 18.7 Å². The highest BCUT2D eigenvalue weighted by molar-refractivity contribution is 6.32. The van der Waals surface area contributed by atoms with E-state index in [0.29, 0.717) is 41.8 Å². The number of amides is 1. The van der Waals surface area contributed by atoms with Crippen molar-refractivity contribution in [3.8, 4) is 17.0 Å². The highest BCUT2D eigenvalue weighted by Crippen LogP contribution is 2.31. The number of nitrogen functional groups attached to an aromatic ring is 1. The minimum atomic E-state index is -0.391. The number of ether oxygens (including phenoxy) is 1. The maximum atomic E-state index is 13.0. The zero-order valence-corrected chi connectivity index (χ0v) is 21.0. The van der Waals surface area contributed by atoms with Crippen molar-refractivity contribution in [1.82, 2.24) is 25.5 Å². The molecule has 0 aliphatic heterocycles. The van der Waals surface area contributed by atoms with E-state index < -0.39 is 6.04 Å². The highest BCUT2D eigenvalue weighted by atomic mass is 35.5. The number of hydrogen-bond donors (Lipinski definition) is 4. The van der Waals surface area contributed by atoms with Gasteiger partial charge in [0.2, 0.25) is 5.91 Å². The van der Waals surface area contributed by atoms with Crippen molar-refractivity contribution in [2.24, 2.45) is 0 Å². The SMILES string of the molecule is COc1cccc(CCC(=O)N[C@@H](Cc2ccccc2)c2nc(-c3ccc4c(N)n[nH]c4c3)c(Cl)[nH]2)c1. The average Bonchev–Trinajstić information content (AvgIpc) is 3.50. The van der Waals surface area contributed by atoms with E-state index in [1.54, 1.807) is 7.11 Å². The minimum absolute atomic E-state index is 0.0767. The summed E-state index contributed by atoms with van der Waals surface area (Å²) in [6.45, 7) is 0. The van der Waals surface area contributed by atoms with Crippen molar-refractivity contribution in [3.05, 3.63) is 94.9 Å². The van der Waals surface area contributed by atoms with Gasteiger partial charge in [-0.1, -0.05) is 60.1 Å². The maximum Gasteiger partial charge on any atom is 0.220 e. The molecule has 5 aromatic rings. The number of carbonyl (C=O) groups is 1. The molecule has 0 saturated carbocycles. The molecule has 9 heteroatoms. The number of nitrogens with one attached hydrogen (secondary N) is 3. The van der Waals surface area contributed by atoms with Crippen LogP contribution in [0.15, 0.2) is 72.8 Å². The number of hydrogen-bond acceptors (Lipinski definition) is 5. The van der Waals surface area contributed by atoms with E-state index in [-0.39, 0.29) is 5.91 Å². The van der Waals surface area contributed by atoms with Gasteiger partial charge in [-0.25, -0.2) is 4.98 Å². The smallest absolute Gasteiger partial charge is 0.220 e. The molecule has 1 atom stereocenters. The summed E-state index contributed by atoms with van der Waals surface area (Å²) in [5.41, 5.74) is 10.2. The summed E-state index contributed by atoms with van der Waals surface area (Å²) in [6.07, 6.45) is 1.49. The third kappa shape index (κ3) is 5.59.